The van der Waals surface area contributed by atoms with Crippen molar-refractivity contribution in [3.05, 3.63) is 42.7 Å². The molecule has 1 aliphatic carbocycles. The summed E-state index contributed by atoms with van der Waals surface area (Å²) in [6.07, 6.45) is 6.33. The largest absolute Gasteiger partial charge is 0.492 e. The van der Waals surface area contributed by atoms with Crippen molar-refractivity contribution in [2.24, 2.45) is 0 Å². The van der Waals surface area contributed by atoms with Crippen LogP contribution in [0.2, 0.25) is 0 Å². The van der Waals surface area contributed by atoms with Crippen LogP contribution >= 0.6 is 0 Å². The predicted octanol–water partition coefficient (Wildman–Crippen LogP) is 2.54. The fraction of sp³-hybridized carbons (Fsp3) is 0.357. The van der Waals surface area contributed by atoms with Crippen LogP contribution in [0, 0.1) is 0 Å². The quantitative estimate of drug-likeness (QED) is 0.847. The summed E-state index contributed by atoms with van der Waals surface area (Å²) in [6.45, 7) is 1.46. The summed E-state index contributed by atoms with van der Waals surface area (Å²) in [6, 6.07) is 10.5. The van der Waals surface area contributed by atoms with Crippen LogP contribution in [-0.2, 0) is 6.54 Å². The summed E-state index contributed by atoms with van der Waals surface area (Å²) in [5.41, 5.74) is 0. The molecule has 1 aromatic heterocycles. The van der Waals surface area contributed by atoms with E-state index in [2.05, 4.69) is 14.9 Å². The summed E-state index contributed by atoms with van der Waals surface area (Å²) in [7, 11) is 0. The van der Waals surface area contributed by atoms with E-state index in [9.17, 15) is 0 Å². The van der Waals surface area contributed by atoms with Gasteiger partial charge in [-0.15, -0.1) is 0 Å². The van der Waals surface area contributed by atoms with E-state index in [1.807, 2.05) is 42.7 Å². The lowest BCUT2D eigenvalue weighted by Gasteiger charge is -2.10. The number of nitrogens with zero attached hydrogens (tertiary/aromatic N) is 2. The fourth-order valence-corrected chi connectivity index (χ4v) is 1.82. The SMILES string of the molecule is c1ccc(OCCn2ccnc2NC2CC2)cc1. The Morgan fingerprint density at radius 3 is 2.89 bits per heavy atom. The van der Waals surface area contributed by atoms with Crippen LogP contribution in [0.5, 0.6) is 5.75 Å². The van der Waals surface area contributed by atoms with Crippen molar-refractivity contribution in [3.8, 4) is 5.75 Å². The van der Waals surface area contributed by atoms with Crippen molar-refractivity contribution in [2.45, 2.75) is 25.4 Å². The molecule has 0 aliphatic heterocycles. The number of hydrogen-bond donors (Lipinski definition) is 1. The second-order valence-corrected chi connectivity index (χ2v) is 4.52. The number of ether oxygens (including phenoxy) is 1. The van der Waals surface area contributed by atoms with Gasteiger partial charge >= 0.3 is 0 Å². The van der Waals surface area contributed by atoms with Gasteiger partial charge in [0.2, 0.25) is 5.95 Å². The molecule has 1 saturated carbocycles. The average Bonchev–Trinajstić information content (AvgIpc) is 3.11. The molecular weight excluding hydrogens is 226 g/mol. The van der Waals surface area contributed by atoms with Crippen LogP contribution in [-0.4, -0.2) is 22.2 Å². The first-order valence-electron chi connectivity index (χ1n) is 6.37. The van der Waals surface area contributed by atoms with Crippen LogP contribution in [0.1, 0.15) is 12.8 Å². The van der Waals surface area contributed by atoms with Gasteiger partial charge in [-0.3, -0.25) is 0 Å². The van der Waals surface area contributed by atoms with Crippen LogP contribution < -0.4 is 10.1 Å². The maximum atomic E-state index is 5.68. The molecule has 94 valence electrons. The van der Waals surface area contributed by atoms with Gasteiger partial charge in [0, 0.05) is 18.4 Å². The molecule has 1 aromatic carbocycles. The molecule has 4 nitrogen and oxygen atoms in total. The highest BCUT2D eigenvalue weighted by molar-refractivity contribution is 5.29. The first kappa shape index (κ1) is 11.1. The van der Waals surface area contributed by atoms with Crippen LogP contribution in [0.4, 0.5) is 5.95 Å². The van der Waals surface area contributed by atoms with E-state index >= 15 is 0 Å². The van der Waals surface area contributed by atoms with Crippen molar-refractivity contribution in [1.82, 2.24) is 9.55 Å². The van der Waals surface area contributed by atoms with Gasteiger partial charge in [0.15, 0.2) is 0 Å². The zero-order valence-electron chi connectivity index (χ0n) is 10.2. The lowest BCUT2D eigenvalue weighted by Crippen LogP contribution is -2.13. The smallest absolute Gasteiger partial charge is 0.203 e. The van der Waals surface area contributed by atoms with Gasteiger partial charge in [-0.05, 0) is 25.0 Å². The van der Waals surface area contributed by atoms with Crippen LogP contribution in [0.3, 0.4) is 0 Å². The van der Waals surface area contributed by atoms with E-state index in [1.165, 1.54) is 12.8 Å². The number of aromatic nitrogens is 2. The first-order valence-corrected chi connectivity index (χ1v) is 6.37. The Labute approximate surface area is 107 Å². The lowest BCUT2D eigenvalue weighted by atomic mass is 10.3. The molecule has 0 unspecified atom stereocenters. The Hall–Kier alpha value is -1.97. The van der Waals surface area contributed by atoms with Gasteiger partial charge in [-0.1, -0.05) is 18.2 Å². The normalized spacial score (nSPS) is 14.4. The van der Waals surface area contributed by atoms with Gasteiger partial charge in [0.25, 0.3) is 0 Å². The molecule has 4 heteroatoms. The summed E-state index contributed by atoms with van der Waals surface area (Å²) < 4.78 is 7.78. The number of rotatable bonds is 6. The summed E-state index contributed by atoms with van der Waals surface area (Å²) in [4.78, 5) is 4.32. The van der Waals surface area contributed by atoms with E-state index in [1.54, 1.807) is 0 Å². The topological polar surface area (TPSA) is 39.1 Å². The van der Waals surface area contributed by atoms with Gasteiger partial charge < -0.3 is 14.6 Å². The van der Waals surface area contributed by atoms with E-state index in [0.717, 1.165) is 18.2 Å². The Morgan fingerprint density at radius 2 is 2.11 bits per heavy atom. The molecule has 1 heterocycles. The molecule has 2 aromatic rings. The molecule has 1 N–H and O–H groups in total. The summed E-state index contributed by atoms with van der Waals surface area (Å²) >= 11 is 0. The maximum Gasteiger partial charge on any atom is 0.203 e. The lowest BCUT2D eigenvalue weighted by molar-refractivity contribution is 0.299. The maximum absolute atomic E-state index is 5.68. The molecule has 0 bridgehead atoms. The van der Waals surface area contributed by atoms with Gasteiger partial charge in [-0.25, -0.2) is 4.98 Å². The highest BCUT2D eigenvalue weighted by Crippen LogP contribution is 2.23. The predicted molar refractivity (Wildman–Crippen MR) is 70.8 cm³/mol. The number of anilines is 1. The molecular formula is C14H17N3O. The Bertz CT molecular complexity index is 491. The second kappa shape index (κ2) is 5.12. The van der Waals surface area contributed by atoms with Gasteiger partial charge in [-0.2, -0.15) is 0 Å². The standard InChI is InChI=1S/C14H17N3O/c1-2-4-13(5-3-1)18-11-10-17-9-8-15-14(17)16-12-6-7-12/h1-5,8-9,12H,6-7,10-11H2,(H,15,16). The van der Waals surface area contributed by atoms with E-state index in [4.69, 9.17) is 4.74 Å². The molecule has 18 heavy (non-hydrogen) atoms. The van der Waals surface area contributed by atoms with Crippen LogP contribution in [0.25, 0.3) is 0 Å². The second-order valence-electron chi connectivity index (χ2n) is 4.52. The molecule has 0 atom stereocenters. The third-order valence-corrected chi connectivity index (χ3v) is 2.97. The van der Waals surface area contributed by atoms with Crippen LogP contribution in [0.15, 0.2) is 42.7 Å². The van der Waals surface area contributed by atoms with Crippen molar-refractivity contribution in [1.29, 1.82) is 0 Å². The minimum Gasteiger partial charge on any atom is -0.492 e. The van der Waals surface area contributed by atoms with Gasteiger partial charge in [0.1, 0.15) is 12.4 Å². The minimum atomic E-state index is 0.626. The number of imidazole rings is 1. The molecule has 1 fully saturated rings. The Balaban J connectivity index is 1.52. The van der Waals surface area contributed by atoms with E-state index in [0.29, 0.717) is 12.6 Å². The minimum absolute atomic E-state index is 0.626. The van der Waals surface area contributed by atoms with Gasteiger partial charge in [0.05, 0.1) is 6.54 Å². The third kappa shape index (κ3) is 2.83. The van der Waals surface area contributed by atoms with E-state index in [-0.39, 0.29) is 0 Å². The molecule has 0 spiro atoms. The summed E-state index contributed by atoms with van der Waals surface area (Å²) in [5, 5.41) is 3.41. The molecule has 3 rings (SSSR count). The fourth-order valence-electron chi connectivity index (χ4n) is 1.82. The molecule has 0 radical (unpaired) electrons. The van der Waals surface area contributed by atoms with Crippen molar-refractivity contribution in [2.75, 3.05) is 11.9 Å². The monoisotopic (exact) mass is 243 g/mol. The molecule has 0 amide bonds. The number of para-hydroxylation sites is 1. The summed E-state index contributed by atoms with van der Waals surface area (Å²) in [5.74, 6) is 1.86. The zero-order valence-corrected chi connectivity index (χ0v) is 10.2. The average molecular weight is 243 g/mol. The van der Waals surface area contributed by atoms with Crippen molar-refractivity contribution in [3.63, 3.8) is 0 Å². The first-order chi connectivity index (χ1) is 8.92. The van der Waals surface area contributed by atoms with E-state index < -0.39 is 0 Å². The highest BCUT2D eigenvalue weighted by Gasteiger charge is 2.22. The zero-order chi connectivity index (χ0) is 12.2. The Kier molecular flexibility index (Phi) is 3.17. The molecule has 1 aliphatic rings. The third-order valence-electron chi connectivity index (χ3n) is 2.97. The molecule has 0 saturated heterocycles. The number of nitrogens with one attached hydrogen (secondary N) is 1. The number of hydrogen-bond acceptors (Lipinski definition) is 3. The highest BCUT2D eigenvalue weighted by atomic mass is 16.5. The van der Waals surface area contributed by atoms with Crippen molar-refractivity contribution < 1.29 is 4.74 Å². The Morgan fingerprint density at radius 1 is 1.28 bits per heavy atom. The number of benzene rings is 1. The van der Waals surface area contributed by atoms with Crippen molar-refractivity contribution >= 4 is 5.95 Å².